The first-order valence-corrected chi connectivity index (χ1v) is 6.34. The Hall–Kier alpha value is -1.84. The lowest BCUT2D eigenvalue weighted by atomic mass is 10.1. The van der Waals surface area contributed by atoms with E-state index in [2.05, 4.69) is 13.0 Å². The summed E-state index contributed by atoms with van der Waals surface area (Å²) in [5.41, 5.74) is 9.84. The van der Waals surface area contributed by atoms with Gasteiger partial charge in [0, 0.05) is 12.1 Å². The molecule has 2 rings (SSSR count). The van der Waals surface area contributed by atoms with Gasteiger partial charge in [-0.05, 0) is 29.7 Å². The molecule has 0 aliphatic heterocycles. The van der Waals surface area contributed by atoms with Crippen molar-refractivity contribution in [3.63, 3.8) is 0 Å². The maximum atomic E-state index is 9.24. The maximum Gasteiger partial charge on any atom is 0.125 e. The van der Waals surface area contributed by atoms with E-state index < -0.39 is 0 Å². The largest absolute Gasteiger partial charge is 0.489 e. The fraction of sp³-hybridized carbons (Fsp3) is 0.250. The number of aliphatic hydroxyl groups is 1. The van der Waals surface area contributed by atoms with E-state index in [-0.39, 0.29) is 6.61 Å². The summed E-state index contributed by atoms with van der Waals surface area (Å²) in [5, 5.41) is 9.24. The molecule has 0 aliphatic rings. The number of benzene rings is 2. The van der Waals surface area contributed by atoms with Crippen LogP contribution < -0.4 is 10.5 Å². The maximum absolute atomic E-state index is 9.24. The van der Waals surface area contributed by atoms with Crippen LogP contribution in [0.3, 0.4) is 0 Å². The van der Waals surface area contributed by atoms with Crippen LogP contribution in [0, 0.1) is 6.92 Å². The molecular weight excluding hydrogens is 238 g/mol. The Labute approximate surface area is 113 Å². The summed E-state index contributed by atoms with van der Waals surface area (Å²) >= 11 is 0. The van der Waals surface area contributed by atoms with Crippen molar-refractivity contribution in [3.05, 3.63) is 64.7 Å². The number of ether oxygens (including phenoxy) is 1. The average Bonchev–Trinajstić information content (AvgIpc) is 2.46. The molecule has 0 fully saturated rings. The highest BCUT2D eigenvalue weighted by Gasteiger charge is 2.04. The van der Waals surface area contributed by atoms with Crippen molar-refractivity contribution >= 4 is 0 Å². The first-order chi connectivity index (χ1) is 9.24. The number of hydrogen-bond donors (Lipinski definition) is 2. The van der Waals surface area contributed by atoms with Crippen LogP contribution >= 0.6 is 0 Å². The van der Waals surface area contributed by atoms with Gasteiger partial charge in [-0.15, -0.1) is 0 Å². The molecule has 0 amide bonds. The molecule has 3 nitrogen and oxygen atoms in total. The molecule has 0 aliphatic carbocycles. The van der Waals surface area contributed by atoms with Gasteiger partial charge >= 0.3 is 0 Å². The predicted molar refractivity (Wildman–Crippen MR) is 75.8 cm³/mol. The number of hydrogen-bond acceptors (Lipinski definition) is 3. The van der Waals surface area contributed by atoms with E-state index in [0.29, 0.717) is 13.2 Å². The van der Waals surface area contributed by atoms with E-state index in [1.54, 1.807) is 0 Å². The van der Waals surface area contributed by atoms with Gasteiger partial charge in [-0.1, -0.05) is 36.4 Å². The zero-order chi connectivity index (χ0) is 13.7. The second-order valence-electron chi connectivity index (χ2n) is 4.52. The highest BCUT2D eigenvalue weighted by Crippen LogP contribution is 2.20. The topological polar surface area (TPSA) is 55.5 Å². The highest BCUT2D eigenvalue weighted by atomic mass is 16.5. The molecule has 19 heavy (non-hydrogen) atoms. The fourth-order valence-electron chi connectivity index (χ4n) is 1.98. The van der Waals surface area contributed by atoms with Crippen LogP contribution in [0.25, 0.3) is 0 Å². The molecule has 0 bridgehead atoms. The van der Waals surface area contributed by atoms with E-state index in [1.165, 1.54) is 5.56 Å². The Kier molecular flexibility index (Phi) is 4.55. The van der Waals surface area contributed by atoms with E-state index >= 15 is 0 Å². The molecule has 100 valence electrons. The van der Waals surface area contributed by atoms with Crippen LogP contribution in [-0.4, -0.2) is 5.11 Å². The minimum absolute atomic E-state index is 0.0126. The number of para-hydroxylation sites is 1. The predicted octanol–water partition coefficient (Wildman–Crippen LogP) is 2.53. The van der Waals surface area contributed by atoms with Gasteiger partial charge in [0.25, 0.3) is 0 Å². The van der Waals surface area contributed by atoms with Gasteiger partial charge in [0.2, 0.25) is 0 Å². The molecule has 0 radical (unpaired) electrons. The molecule has 3 heteroatoms. The van der Waals surface area contributed by atoms with Crippen molar-refractivity contribution in [2.24, 2.45) is 5.73 Å². The van der Waals surface area contributed by atoms with E-state index in [4.69, 9.17) is 10.5 Å². The van der Waals surface area contributed by atoms with Crippen molar-refractivity contribution in [2.45, 2.75) is 26.7 Å². The molecule has 0 heterocycles. The van der Waals surface area contributed by atoms with E-state index in [9.17, 15) is 5.11 Å². The molecule has 0 atom stereocenters. The first-order valence-electron chi connectivity index (χ1n) is 6.34. The second kappa shape index (κ2) is 6.36. The van der Waals surface area contributed by atoms with E-state index in [0.717, 1.165) is 22.4 Å². The molecule has 0 aromatic heterocycles. The van der Waals surface area contributed by atoms with Crippen LogP contribution in [-0.2, 0) is 19.8 Å². The molecule has 0 saturated carbocycles. The summed E-state index contributed by atoms with van der Waals surface area (Å²) in [6.45, 7) is 3.08. The van der Waals surface area contributed by atoms with Crippen molar-refractivity contribution in [1.29, 1.82) is 0 Å². The average molecular weight is 257 g/mol. The Morgan fingerprint density at radius 3 is 2.58 bits per heavy atom. The summed E-state index contributed by atoms with van der Waals surface area (Å²) in [6, 6.07) is 13.7. The van der Waals surface area contributed by atoms with Gasteiger partial charge in [0.15, 0.2) is 0 Å². The summed E-state index contributed by atoms with van der Waals surface area (Å²) < 4.78 is 5.78. The normalized spacial score (nSPS) is 10.5. The number of aryl methyl sites for hydroxylation is 1. The summed E-state index contributed by atoms with van der Waals surface area (Å²) in [6.07, 6.45) is 0. The lowest BCUT2D eigenvalue weighted by Gasteiger charge is -2.12. The molecule has 0 unspecified atom stereocenters. The van der Waals surface area contributed by atoms with Crippen molar-refractivity contribution in [3.8, 4) is 5.75 Å². The first kappa shape index (κ1) is 13.6. The summed E-state index contributed by atoms with van der Waals surface area (Å²) in [4.78, 5) is 0. The Morgan fingerprint density at radius 2 is 1.89 bits per heavy atom. The molecule has 0 spiro atoms. The van der Waals surface area contributed by atoms with Crippen LogP contribution in [0.5, 0.6) is 5.75 Å². The zero-order valence-corrected chi connectivity index (χ0v) is 11.1. The van der Waals surface area contributed by atoms with Crippen LogP contribution in [0.4, 0.5) is 0 Å². The SMILES string of the molecule is Cc1cc(CN)ccc1COc1ccccc1CO. The monoisotopic (exact) mass is 257 g/mol. The third-order valence-corrected chi connectivity index (χ3v) is 3.17. The molecule has 3 N–H and O–H groups in total. The Bertz CT molecular complexity index is 552. The molecule has 0 saturated heterocycles. The van der Waals surface area contributed by atoms with Gasteiger partial charge in [-0.25, -0.2) is 0 Å². The van der Waals surface area contributed by atoms with E-state index in [1.807, 2.05) is 36.4 Å². The number of nitrogens with two attached hydrogens (primary N) is 1. The molecular formula is C16H19NO2. The fourth-order valence-corrected chi connectivity index (χ4v) is 1.98. The summed E-state index contributed by atoms with van der Waals surface area (Å²) in [5.74, 6) is 0.729. The number of aliphatic hydroxyl groups excluding tert-OH is 1. The van der Waals surface area contributed by atoms with Crippen LogP contribution in [0.2, 0.25) is 0 Å². The minimum atomic E-state index is -0.0126. The minimum Gasteiger partial charge on any atom is -0.489 e. The van der Waals surface area contributed by atoms with Crippen LogP contribution in [0.1, 0.15) is 22.3 Å². The lowest BCUT2D eigenvalue weighted by molar-refractivity contribution is 0.259. The third kappa shape index (κ3) is 3.34. The lowest BCUT2D eigenvalue weighted by Crippen LogP contribution is -2.02. The third-order valence-electron chi connectivity index (χ3n) is 3.17. The zero-order valence-electron chi connectivity index (χ0n) is 11.1. The highest BCUT2D eigenvalue weighted by molar-refractivity contribution is 5.34. The van der Waals surface area contributed by atoms with Gasteiger partial charge < -0.3 is 15.6 Å². The quantitative estimate of drug-likeness (QED) is 0.865. The Morgan fingerprint density at radius 1 is 1.11 bits per heavy atom. The molecule has 2 aromatic rings. The smallest absolute Gasteiger partial charge is 0.125 e. The van der Waals surface area contributed by atoms with Gasteiger partial charge in [-0.2, -0.15) is 0 Å². The van der Waals surface area contributed by atoms with Crippen molar-refractivity contribution in [1.82, 2.24) is 0 Å². The van der Waals surface area contributed by atoms with Crippen LogP contribution in [0.15, 0.2) is 42.5 Å². The second-order valence-corrected chi connectivity index (χ2v) is 4.52. The van der Waals surface area contributed by atoms with Crippen molar-refractivity contribution < 1.29 is 9.84 Å². The summed E-state index contributed by atoms with van der Waals surface area (Å²) in [7, 11) is 0. The van der Waals surface area contributed by atoms with Gasteiger partial charge in [-0.3, -0.25) is 0 Å². The number of rotatable bonds is 5. The Balaban J connectivity index is 2.10. The van der Waals surface area contributed by atoms with Gasteiger partial charge in [0.1, 0.15) is 12.4 Å². The van der Waals surface area contributed by atoms with Gasteiger partial charge in [0.05, 0.1) is 6.61 Å². The molecule has 2 aromatic carbocycles. The van der Waals surface area contributed by atoms with Crippen molar-refractivity contribution in [2.75, 3.05) is 0 Å². The standard InChI is InChI=1S/C16H19NO2/c1-12-8-13(9-17)6-7-15(12)11-19-16-5-3-2-4-14(16)10-18/h2-8,18H,9-11,17H2,1H3.